The first-order valence-electron chi connectivity index (χ1n) is 8.85. The monoisotopic (exact) mass is 460 g/mol. The van der Waals surface area contributed by atoms with Gasteiger partial charge in [0, 0.05) is 20.5 Å². The van der Waals surface area contributed by atoms with Gasteiger partial charge in [-0.1, -0.05) is 29.4 Å². The van der Waals surface area contributed by atoms with Crippen molar-refractivity contribution >= 4 is 58.0 Å². The van der Waals surface area contributed by atoms with Crippen LogP contribution in [-0.2, 0) is 4.74 Å². The average molecular weight is 461 g/mol. The molecule has 0 atom stereocenters. The molecule has 154 valence electrons. The Morgan fingerprint density at radius 2 is 1.80 bits per heavy atom. The molecule has 3 rings (SSSR count). The molecule has 0 aliphatic heterocycles. The second kappa shape index (κ2) is 9.93. The van der Waals surface area contributed by atoms with Crippen LogP contribution in [0.4, 0.5) is 15.8 Å². The van der Waals surface area contributed by atoms with Crippen molar-refractivity contribution in [2.24, 2.45) is 0 Å². The fourth-order valence-corrected chi connectivity index (χ4v) is 3.84. The molecule has 4 nitrogen and oxygen atoms in total. The summed E-state index contributed by atoms with van der Waals surface area (Å²) in [6.45, 7) is 1.92. The Bertz CT molecular complexity index is 1090. The molecule has 0 fully saturated rings. The summed E-state index contributed by atoms with van der Waals surface area (Å²) >= 11 is 13.0. The van der Waals surface area contributed by atoms with Crippen LogP contribution in [-0.4, -0.2) is 18.2 Å². The third-order valence-electron chi connectivity index (χ3n) is 4.12. The summed E-state index contributed by atoms with van der Waals surface area (Å²) < 4.78 is 18.0. The van der Waals surface area contributed by atoms with Crippen molar-refractivity contribution in [3.63, 3.8) is 0 Å². The molecule has 0 unspecified atom stereocenters. The first-order valence-corrected chi connectivity index (χ1v) is 10.5. The van der Waals surface area contributed by atoms with Gasteiger partial charge in [-0.2, -0.15) is 0 Å². The van der Waals surface area contributed by atoms with E-state index in [0.717, 1.165) is 21.0 Å². The molecule has 3 aromatic carbocycles. The van der Waals surface area contributed by atoms with Gasteiger partial charge in [0.1, 0.15) is 5.82 Å². The van der Waals surface area contributed by atoms with E-state index < -0.39 is 5.97 Å². The number of methoxy groups -OCH3 is 1. The molecule has 0 aromatic heterocycles. The summed E-state index contributed by atoms with van der Waals surface area (Å²) in [5.74, 6) is -0.763. The van der Waals surface area contributed by atoms with E-state index in [2.05, 4.69) is 10.6 Å². The number of anilines is 2. The summed E-state index contributed by atoms with van der Waals surface area (Å²) in [5, 5.41) is 7.16. The van der Waals surface area contributed by atoms with Gasteiger partial charge >= 0.3 is 5.97 Å². The van der Waals surface area contributed by atoms with Crippen molar-refractivity contribution in [3.05, 3.63) is 82.6 Å². The third kappa shape index (κ3) is 5.72. The van der Waals surface area contributed by atoms with Crippen LogP contribution in [0.15, 0.2) is 70.5 Å². The number of rotatable bonds is 5. The van der Waals surface area contributed by atoms with Crippen LogP contribution in [0.5, 0.6) is 0 Å². The lowest BCUT2D eigenvalue weighted by Gasteiger charge is -2.15. The quantitative estimate of drug-likeness (QED) is 0.333. The number of carbonyl (C=O) groups excluding carboxylic acids is 1. The lowest BCUT2D eigenvalue weighted by molar-refractivity contribution is 0.0600. The van der Waals surface area contributed by atoms with Crippen LogP contribution in [0.2, 0.25) is 5.02 Å². The predicted octanol–water partition coefficient (Wildman–Crippen LogP) is 6.53. The summed E-state index contributed by atoms with van der Waals surface area (Å²) in [5.41, 5.74) is 2.69. The number of hydrogen-bond donors (Lipinski definition) is 2. The van der Waals surface area contributed by atoms with Crippen molar-refractivity contribution < 1.29 is 13.9 Å². The number of thiocarbonyl (C=S) groups is 1. The van der Waals surface area contributed by atoms with Crippen molar-refractivity contribution in [2.75, 3.05) is 17.7 Å². The maximum absolute atomic E-state index is 13.2. The average Bonchev–Trinajstić information content (AvgIpc) is 2.73. The molecule has 30 heavy (non-hydrogen) atoms. The van der Waals surface area contributed by atoms with Gasteiger partial charge in [0.25, 0.3) is 0 Å². The van der Waals surface area contributed by atoms with E-state index in [1.165, 1.54) is 31.0 Å². The zero-order valence-electron chi connectivity index (χ0n) is 16.2. The second-order valence-electron chi connectivity index (χ2n) is 6.30. The van der Waals surface area contributed by atoms with E-state index in [1.807, 2.05) is 19.1 Å². The van der Waals surface area contributed by atoms with Gasteiger partial charge in [0.15, 0.2) is 5.11 Å². The number of carbonyl (C=O) groups is 1. The summed E-state index contributed by atoms with van der Waals surface area (Å²) in [6.07, 6.45) is 0. The standard InChI is InChI=1S/C22H18ClFN2O2S2/c1-13-3-7-16(12-18(13)23)25-22(29)26-19-11-14(21(27)28-2)4-10-20(19)30-17-8-5-15(24)6-9-17/h3-12H,1-2H3,(H2,25,26,29). The van der Waals surface area contributed by atoms with E-state index in [0.29, 0.717) is 21.4 Å². The number of ether oxygens (including phenoxy) is 1. The van der Waals surface area contributed by atoms with Gasteiger partial charge in [0.2, 0.25) is 0 Å². The zero-order chi connectivity index (χ0) is 21.7. The maximum Gasteiger partial charge on any atom is 0.337 e. The fraction of sp³-hybridized carbons (Fsp3) is 0.0909. The highest BCUT2D eigenvalue weighted by Gasteiger charge is 2.13. The van der Waals surface area contributed by atoms with Crippen LogP contribution in [0, 0.1) is 12.7 Å². The molecule has 0 spiro atoms. The molecular formula is C22H18ClFN2O2S2. The topological polar surface area (TPSA) is 50.4 Å². The molecule has 0 heterocycles. The normalized spacial score (nSPS) is 10.4. The Balaban J connectivity index is 1.85. The van der Waals surface area contributed by atoms with Crippen LogP contribution in [0.1, 0.15) is 15.9 Å². The van der Waals surface area contributed by atoms with Crippen molar-refractivity contribution in [2.45, 2.75) is 16.7 Å². The Morgan fingerprint density at radius 3 is 2.47 bits per heavy atom. The number of nitrogens with one attached hydrogen (secondary N) is 2. The molecular weight excluding hydrogens is 443 g/mol. The van der Waals surface area contributed by atoms with Gasteiger partial charge in [-0.05, 0) is 79.3 Å². The second-order valence-corrected chi connectivity index (χ2v) is 8.23. The lowest BCUT2D eigenvalue weighted by atomic mass is 10.2. The van der Waals surface area contributed by atoms with Crippen molar-refractivity contribution in [1.82, 2.24) is 0 Å². The number of esters is 1. The number of halogens is 2. The minimum atomic E-state index is -0.458. The van der Waals surface area contributed by atoms with Crippen molar-refractivity contribution in [3.8, 4) is 0 Å². The highest BCUT2D eigenvalue weighted by atomic mass is 35.5. The van der Waals surface area contributed by atoms with E-state index in [9.17, 15) is 9.18 Å². The number of hydrogen-bond acceptors (Lipinski definition) is 4. The smallest absolute Gasteiger partial charge is 0.337 e. The minimum Gasteiger partial charge on any atom is -0.465 e. The van der Waals surface area contributed by atoms with E-state index in [-0.39, 0.29) is 5.82 Å². The highest BCUT2D eigenvalue weighted by Crippen LogP contribution is 2.34. The molecule has 3 aromatic rings. The Labute approximate surface area is 188 Å². The first kappa shape index (κ1) is 22.1. The summed E-state index contributed by atoms with van der Waals surface area (Å²) in [6, 6.07) is 16.8. The predicted molar refractivity (Wildman–Crippen MR) is 124 cm³/mol. The maximum atomic E-state index is 13.2. The largest absolute Gasteiger partial charge is 0.465 e. The summed E-state index contributed by atoms with van der Waals surface area (Å²) in [7, 11) is 1.32. The molecule has 0 amide bonds. The molecule has 0 aliphatic carbocycles. The van der Waals surface area contributed by atoms with Gasteiger partial charge < -0.3 is 15.4 Å². The Hall–Kier alpha value is -2.61. The zero-order valence-corrected chi connectivity index (χ0v) is 18.6. The number of aryl methyl sites for hydroxylation is 1. The SMILES string of the molecule is COC(=O)c1ccc(Sc2ccc(F)cc2)c(NC(=S)Nc2ccc(C)c(Cl)c2)c1. The molecule has 0 radical (unpaired) electrons. The van der Waals surface area contributed by atoms with Gasteiger partial charge in [-0.25, -0.2) is 9.18 Å². The third-order valence-corrected chi connectivity index (χ3v) is 5.82. The summed E-state index contributed by atoms with van der Waals surface area (Å²) in [4.78, 5) is 13.6. The van der Waals surface area contributed by atoms with Crippen LogP contribution in [0.3, 0.4) is 0 Å². The van der Waals surface area contributed by atoms with Gasteiger partial charge in [0.05, 0.1) is 18.4 Å². The van der Waals surface area contributed by atoms with Crippen LogP contribution in [0.25, 0.3) is 0 Å². The lowest BCUT2D eigenvalue weighted by Crippen LogP contribution is -2.20. The molecule has 0 aliphatic rings. The highest BCUT2D eigenvalue weighted by molar-refractivity contribution is 7.99. The van der Waals surface area contributed by atoms with E-state index in [1.54, 1.807) is 36.4 Å². The van der Waals surface area contributed by atoms with E-state index in [4.69, 9.17) is 28.6 Å². The van der Waals surface area contributed by atoms with Crippen LogP contribution < -0.4 is 10.6 Å². The molecule has 0 saturated heterocycles. The molecule has 0 bridgehead atoms. The molecule has 8 heteroatoms. The molecule has 0 saturated carbocycles. The van der Waals surface area contributed by atoms with Gasteiger partial charge in [-0.3, -0.25) is 0 Å². The van der Waals surface area contributed by atoms with Gasteiger partial charge in [-0.15, -0.1) is 0 Å². The number of benzene rings is 3. The minimum absolute atomic E-state index is 0.305. The van der Waals surface area contributed by atoms with Crippen molar-refractivity contribution in [1.29, 1.82) is 0 Å². The Morgan fingerprint density at radius 1 is 1.07 bits per heavy atom. The molecule has 2 N–H and O–H groups in total. The van der Waals surface area contributed by atoms with Crippen LogP contribution >= 0.6 is 35.6 Å². The first-order chi connectivity index (χ1) is 14.4. The van der Waals surface area contributed by atoms with E-state index >= 15 is 0 Å². The fourth-order valence-electron chi connectivity index (χ4n) is 2.55. The Kier molecular flexibility index (Phi) is 7.31.